The Hall–Kier alpha value is -3.33. The van der Waals surface area contributed by atoms with Crippen LogP contribution in [0.4, 0.5) is 10.5 Å². The molecule has 2 heterocycles. The summed E-state index contributed by atoms with van der Waals surface area (Å²) in [6, 6.07) is 6.67. The van der Waals surface area contributed by atoms with E-state index in [1.54, 1.807) is 53.6 Å². The van der Waals surface area contributed by atoms with Crippen LogP contribution in [0.1, 0.15) is 31.1 Å². The number of aromatic nitrogens is 2. The molecule has 10 heteroatoms. The first-order chi connectivity index (χ1) is 15.8. The number of hydrogen-bond acceptors (Lipinski definition) is 5. The van der Waals surface area contributed by atoms with Gasteiger partial charge < -0.3 is 19.9 Å². The monoisotopic (exact) mass is 473 g/mol. The van der Waals surface area contributed by atoms with Crippen molar-refractivity contribution in [2.75, 3.05) is 38.1 Å². The van der Waals surface area contributed by atoms with E-state index in [0.29, 0.717) is 49.2 Å². The van der Waals surface area contributed by atoms with Gasteiger partial charge in [-0.25, -0.2) is 4.79 Å². The Balaban J connectivity index is 1.59. The van der Waals surface area contributed by atoms with Crippen LogP contribution in [0.2, 0.25) is 5.02 Å². The van der Waals surface area contributed by atoms with E-state index in [1.165, 1.54) is 6.08 Å². The quantitative estimate of drug-likeness (QED) is 0.649. The van der Waals surface area contributed by atoms with Gasteiger partial charge in [0.25, 0.3) is 0 Å². The molecule has 0 spiro atoms. The summed E-state index contributed by atoms with van der Waals surface area (Å²) in [7, 11) is 0. The Morgan fingerprint density at radius 3 is 2.52 bits per heavy atom. The van der Waals surface area contributed by atoms with Gasteiger partial charge in [-0.15, -0.1) is 0 Å². The normalized spacial score (nSPS) is 14.9. The maximum absolute atomic E-state index is 13.0. The Morgan fingerprint density at radius 2 is 1.85 bits per heavy atom. The van der Waals surface area contributed by atoms with Gasteiger partial charge >= 0.3 is 6.09 Å². The molecule has 1 aliphatic heterocycles. The summed E-state index contributed by atoms with van der Waals surface area (Å²) in [5, 5.41) is 7.75. The number of halogens is 1. The summed E-state index contributed by atoms with van der Waals surface area (Å²) in [5.41, 5.74) is 1.86. The van der Waals surface area contributed by atoms with Crippen LogP contribution in [0.5, 0.6) is 0 Å². The molecule has 1 unspecified atom stereocenters. The third-order valence-corrected chi connectivity index (χ3v) is 5.71. The second kappa shape index (κ2) is 11.0. The lowest BCUT2D eigenvalue weighted by molar-refractivity contribution is -0.136. The van der Waals surface area contributed by atoms with Gasteiger partial charge in [0, 0.05) is 43.5 Å². The van der Waals surface area contributed by atoms with E-state index in [9.17, 15) is 14.4 Å². The zero-order valence-corrected chi connectivity index (χ0v) is 19.7. The first-order valence-electron chi connectivity index (χ1n) is 10.8. The average molecular weight is 474 g/mol. The Bertz CT molecular complexity index is 1040. The van der Waals surface area contributed by atoms with Gasteiger partial charge in [0.1, 0.15) is 6.04 Å². The largest absolute Gasteiger partial charge is 0.450 e. The molecule has 1 aliphatic rings. The molecule has 1 aromatic carbocycles. The third kappa shape index (κ3) is 6.13. The molecule has 0 aliphatic carbocycles. The summed E-state index contributed by atoms with van der Waals surface area (Å²) >= 11 is 6.10. The van der Waals surface area contributed by atoms with E-state index < -0.39 is 6.04 Å². The van der Waals surface area contributed by atoms with Crippen molar-refractivity contribution < 1.29 is 19.1 Å². The number of anilines is 1. The summed E-state index contributed by atoms with van der Waals surface area (Å²) in [6.45, 7) is 7.31. The van der Waals surface area contributed by atoms with Crippen LogP contribution in [-0.2, 0) is 14.3 Å². The zero-order chi connectivity index (χ0) is 24.0. The number of hydrogen-bond donors (Lipinski definition) is 1. The molecule has 1 N–H and O–H groups in total. The van der Waals surface area contributed by atoms with E-state index in [2.05, 4.69) is 10.4 Å². The lowest BCUT2D eigenvalue weighted by atomic mass is 10.2. The molecule has 0 radical (unpaired) electrons. The van der Waals surface area contributed by atoms with Crippen molar-refractivity contribution in [3.05, 3.63) is 52.8 Å². The predicted molar refractivity (Wildman–Crippen MR) is 126 cm³/mol. The molecule has 33 heavy (non-hydrogen) atoms. The lowest BCUT2D eigenvalue weighted by Crippen LogP contribution is -2.52. The van der Waals surface area contributed by atoms with E-state index in [1.807, 2.05) is 18.2 Å². The van der Waals surface area contributed by atoms with Crippen molar-refractivity contribution in [3.63, 3.8) is 0 Å². The van der Waals surface area contributed by atoms with Gasteiger partial charge in [-0.3, -0.25) is 14.3 Å². The van der Waals surface area contributed by atoms with E-state index in [-0.39, 0.29) is 17.9 Å². The average Bonchev–Trinajstić information content (AvgIpc) is 3.17. The fraction of sp³-hybridized carbons (Fsp3) is 0.391. The minimum atomic E-state index is -0.554. The second-order valence-electron chi connectivity index (χ2n) is 7.64. The van der Waals surface area contributed by atoms with Gasteiger partial charge in [0.05, 0.1) is 18.0 Å². The molecule has 2 aromatic rings. The van der Waals surface area contributed by atoms with Crippen LogP contribution in [0.3, 0.4) is 0 Å². The van der Waals surface area contributed by atoms with E-state index in [0.717, 1.165) is 5.56 Å². The van der Waals surface area contributed by atoms with Gasteiger partial charge in [-0.2, -0.15) is 5.10 Å². The molecule has 3 amide bonds. The third-order valence-electron chi connectivity index (χ3n) is 5.37. The van der Waals surface area contributed by atoms with Crippen molar-refractivity contribution in [3.8, 4) is 0 Å². The number of ether oxygens (including phenoxy) is 1. The van der Waals surface area contributed by atoms with Gasteiger partial charge in [-0.1, -0.05) is 29.8 Å². The van der Waals surface area contributed by atoms with Crippen LogP contribution in [0.25, 0.3) is 6.08 Å². The number of amides is 3. The lowest BCUT2D eigenvalue weighted by Gasteiger charge is -2.35. The highest BCUT2D eigenvalue weighted by Gasteiger charge is 2.29. The molecule has 1 atom stereocenters. The number of carbonyl (C=O) groups is 3. The molecule has 0 saturated carbocycles. The number of nitrogens with one attached hydrogen (secondary N) is 1. The summed E-state index contributed by atoms with van der Waals surface area (Å²) in [4.78, 5) is 40.5. The Kier molecular flexibility index (Phi) is 8.11. The highest BCUT2D eigenvalue weighted by atomic mass is 35.5. The molecule has 1 fully saturated rings. The molecular weight excluding hydrogens is 446 g/mol. The molecule has 176 valence electrons. The van der Waals surface area contributed by atoms with Crippen LogP contribution in [-0.4, -0.2) is 70.3 Å². The molecule has 3 rings (SSSR count). The standard InChI is InChI=1S/C23H28ClN5O4/c1-4-33-23(32)28-13-11-27(12-14-28)22(31)17(3)29-15-20(16(2)26-29)25-21(30)10-9-18-7-5-6-8-19(18)24/h5-10,15,17H,4,11-14H2,1-3H3,(H,25,30)/b10-9+. The first kappa shape index (κ1) is 24.3. The van der Waals surface area contributed by atoms with Crippen LogP contribution in [0.15, 0.2) is 36.5 Å². The minimum Gasteiger partial charge on any atom is -0.450 e. The van der Waals surface area contributed by atoms with Gasteiger partial charge in [-0.05, 0) is 38.5 Å². The number of rotatable bonds is 6. The molecule has 0 bridgehead atoms. The van der Waals surface area contributed by atoms with Crippen molar-refractivity contribution in [1.82, 2.24) is 19.6 Å². The van der Waals surface area contributed by atoms with Crippen molar-refractivity contribution in [2.45, 2.75) is 26.8 Å². The molecule has 1 saturated heterocycles. The predicted octanol–water partition coefficient (Wildman–Crippen LogP) is 3.36. The SMILES string of the molecule is CCOC(=O)N1CCN(C(=O)C(C)n2cc(NC(=O)/C=C/c3ccccc3Cl)c(C)n2)CC1. The van der Waals surface area contributed by atoms with Crippen molar-refractivity contribution in [2.24, 2.45) is 0 Å². The molecule has 9 nitrogen and oxygen atoms in total. The molecular formula is C23H28ClN5O4. The fourth-order valence-electron chi connectivity index (χ4n) is 3.45. The minimum absolute atomic E-state index is 0.0995. The van der Waals surface area contributed by atoms with Crippen molar-refractivity contribution in [1.29, 1.82) is 0 Å². The summed E-state index contributed by atoms with van der Waals surface area (Å²) in [5.74, 6) is -0.427. The van der Waals surface area contributed by atoms with E-state index >= 15 is 0 Å². The first-order valence-corrected chi connectivity index (χ1v) is 11.2. The Morgan fingerprint density at radius 1 is 1.18 bits per heavy atom. The Labute approximate surface area is 197 Å². The number of aryl methyl sites for hydroxylation is 1. The highest BCUT2D eigenvalue weighted by molar-refractivity contribution is 6.32. The smallest absolute Gasteiger partial charge is 0.409 e. The maximum atomic E-state index is 13.0. The summed E-state index contributed by atoms with van der Waals surface area (Å²) < 4.78 is 6.56. The van der Waals surface area contributed by atoms with Crippen LogP contribution >= 0.6 is 11.6 Å². The van der Waals surface area contributed by atoms with Gasteiger partial charge in [0.2, 0.25) is 11.8 Å². The second-order valence-corrected chi connectivity index (χ2v) is 8.05. The van der Waals surface area contributed by atoms with Gasteiger partial charge in [0.15, 0.2) is 0 Å². The van der Waals surface area contributed by atoms with Crippen molar-refractivity contribution >= 4 is 41.3 Å². The maximum Gasteiger partial charge on any atom is 0.409 e. The molecule has 1 aromatic heterocycles. The highest BCUT2D eigenvalue weighted by Crippen LogP contribution is 2.20. The number of benzene rings is 1. The van der Waals surface area contributed by atoms with Crippen LogP contribution in [0, 0.1) is 6.92 Å². The topological polar surface area (TPSA) is 96.8 Å². The fourth-order valence-corrected chi connectivity index (χ4v) is 3.65. The summed E-state index contributed by atoms with van der Waals surface area (Å²) in [6.07, 6.45) is 4.33. The number of piperazine rings is 1. The zero-order valence-electron chi connectivity index (χ0n) is 19.0. The number of carbonyl (C=O) groups excluding carboxylic acids is 3. The number of nitrogens with zero attached hydrogens (tertiary/aromatic N) is 4. The van der Waals surface area contributed by atoms with Crippen LogP contribution < -0.4 is 5.32 Å². The van der Waals surface area contributed by atoms with E-state index in [4.69, 9.17) is 16.3 Å².